The summed E-state index contributed by atoms with van der Waals surface area (Å²) in [5, 5.41) is 2.44. The quantitative estimate of drug-likeness (QED) is 0.639. The zero-order valence-corrected chi connectivity index (χ0v) is 7.37. The average Bonchev–Trinajstić information content (AvgIpc) is 2.16. The highest BCUT2D eigenvalue weighted by atomic mass is 16.5. The molecule has 1 heterocycles. The number of methoxy groups -OCH3 is 1. The Morgan fingerprint density at radius 3 is 2.92 bits per heavy atom. The summed E-state index contributed by atoms with van der Waals surface area (Å²) in [6, 6.07) is 0. The minimum Gasteiger partial charge on any atom is -0.480 e. The summed E-state index contributed by atoms with van der Waals surface area (Å²) in [6.45, 7) is 0. The Balaban J connectivity index is 3.13. The molecule has 1 rings (SSSR count). The molecule has 0 bridgehead atoms. The van der Waals surface area contributed by atoms with E-state index in [1.807, 2.05) is 0 Å². The minimum absolute atomic E-state index is 0.0736. The summed E-state index contributed by atoms with van der Waals surface area (Å²) >= 11 is 0. The topological polar surface area (TPSA) is 90.1 Å². The maximum Gasteiger partial charge on any atom is 0.258 e. The van der Waals surface area contributed by atoms with Gasteiger partial charge in [0.25, 0.3) is 5.91 Å². The molecule has 6 nitrogen and oxygen atoms in total. The van der Waals surface area contributed by atoms with Gasteiger partial charge in [-0.2, -0.15) is 4.98 Å². The van der Waals surface area contributed by atoms with E-state index in [2.05, 4.69) is 15.3 Å². The SMILES string of the molecule is CNC(=O)c1cnc(N)nc1OC. The Hall–Kier alpha value is -1.85. The predicted molar refractivity (Wildman–Crippen MR) is 46.4 cm³/mol. The highest BCUT2D eigenvalue weighted by Crippen LogP contribution is 2.13. The number of nitrogens with zero attached hydrogens (tertiary/aromatic N) is 2. The van der Waals surface area contributed by atoms with Crippen LogP contribution in [0.4, 0.5) is 5.95 Å². The fraction of sp³-hybridized carbons (Fsp3) is 0.286. The second-order valence-corrected chi connectivity index (χ2v) is 2.23. The van der Waals surface area contributed by atoms with Crippen LogP contribution in [-0.4, -0.2) is 30.0 Å². The van der Waals surface area contributed by atoms with Crippen molar-refractivity contribution in [1.29, 1.82) is 0 Å². The molecule has 0 saturated heterocycles. The fourth-order valence-corrected chi connectivity index (χ4v) is 0.825. The van der Waals surface area contributed by atoms with Crippen molar-refractivity contribution in [3.05, 3.63) is 11.8 Å². The van der Waals surface area contributed by atoms with Crippen LogP contribution in [0.3, 0.4) is 0 Å². The molecule has 0 aliphatic rings. The molecule has 1 aromatic heterocycles. The highest BCUT2D eigenvalue weighted by Gasteiger charge is 2.12. The highest BCUT2D eigenvalue weighted by molar-refractivity contribution is 5.95. The van der Waals surface area contributed by atoms with Crippen LogP contribution in [-0.2, 0) is 0 Å². The van der Waals surface area contributed by atoms with E-state index in [0.29, 0.717) is 0 Å². The molecule has 0 aliphatic carbocycles. The minimum atomic E-state index is -0.308. The number of ether oxygens (including phenoxy) is 1. The van der Waals surface area contributed by atoms with E-state index >= 15 is 0 Å². The van der Waals surface area contributed by atoms with Gasteiger partial charge in [0.1, 0.15) is 5.56 Å². The van der Waals surface area contributed by atoms with Gasteiger partial charge in [-0.25, -0.2) is 4.98 Å². The number of aromatic nitrogens is 2. The van der Waals surface area contributed by atoms with Crippen LogP contribution >= 0.6 is 0 Å². The average molecular weight is 182 g/mol. The number of rotatable bonds is 2. The third-order valence-electron chi connectivity index (χ3n) is 1.44. The first-order chi connectivity index (χ1) is 6.19. The first-order valence-corrected chi connectivity index (χ1v) is 3.57. The summed E-state index contributed by atoms with van der Waals surface area (Å²) in [4.78, 5) is 18.6. The van der Waals surface area contributed by atoms with Crippen molar-refractivity contribution in [3.8, 4) is 5.88 Å². The van der Waals surface area contributed by atoms with Crippen molar-refractivity contribution in [1.82, 2.24) is 15.3 Å². The van der Waals surface area contributed by atoms with E-state index in [4.69, 9.17) is 10.5 Å². The van der Waals surface area contributed by atoms with Gasteiger partial charge >= 0.3 is 0 Å². The van der Waals surface area contributed by atoms with Gasteiger partial charge in [-0.3, -0.25) is 4.79 Å². The number of amides is 1. The van der Waals surface area contributed by atoms with Crippen LogP contribution in [0.2, 0.25) is 0 Å². The monoisotopic (exact) mass is 182 g/mol. The molecule has 0 radical (unpaired) electrons. The molecule has 0 aromatic carbocycles. The molecule has 6 heteroatoms. The largest absolute Gasteiger partial charge is 0.480 e. The lowest BCUT2D eigenvalue weighted by Crippen LogP contribution is -2.19. The zero-order valence-electron chi connectivity index (χ0n) is 7.37. The molecule has 70 valence electrons. The Labute approximate surface area is 75.1 Å². The first-order valence-electron chi connectivity index (χ1n) is 3.57. The summed E-state index contributed by atoms with van der Waals surface area (Å²) in [6.07, 6.45) is 1.32. The number of anilines is 1. The fourth-order valence-electron chi connectivity index (χ4n) is 0.825. The Morgan fingerprint density at radius 2 is 2.38 bits per heavy atom. The van der Waals surface area contributed by atoms with Crippen LogP contribution in [0.5, 0.6) is 5.88 Å². The van der Waals surface area contributed by atoms with Crippen molar-refractivity contribution in [3.63, 3.8) is 0 Å². The molecule has 0 saturated carbocycles. The molecule has 0 fully saturated rings. The van der Waals surface area contributed by atoms with Gasteiger partial charge in [0.05, 0.1) is 7.11 Å². The summed E-state index contributed by atoms with van der Waals surface area (Å²) < 4.78 is 4.86. The van der Waals surface area contributed by atoms with Crippen LogP contribution in [0, 0.1) is 0 Å². The second kappa shape index (κ2) is 3.70. The van der Waals surface area contributed by atoms with Crippen LogP contribution in [0.1, 0.15) is 10.4 Å². The Morgan fingerprint density at radius 1 is 1.69 bits per heavy atom. The second-order valence-electron chi connectivity index (χ2n) is 2.23. The van der Waals surface area contributed by atoms with E-state index < -0.39 is 0 Å². The van der Waals surface area contributed by atoms with Crippen LogP contribution in [0.15, 0.2) is 6.20 Å². The lowest BCUT2D eigenvalue weighted by molar-refractivity contribution is 0.0959. The molecular formula is C7H10N4O2. The molecule has 3 N–H and O–H groups in total. The van der Waals surface area contributed by atoms with Gasteiger partial charge in [0.15, 0.2) is 0 Å². The number of nitrogens with two attached hydrogens (primary N) is 1. The lowest BCUT2D eigenvalue weighted by Gasteiger charge is -2.05. The number of carbonyl (C=O) groups excluding carboxylic acids is 1. The van der Waals surface area contributed by atoms with Gasteiger partial charge < -0.3 is 15.8 Å². The Bertz CT molecular complexity index is 326. The maximum absolute atomic E-state index is 11.2. The van der Waals surface area contributed by atoms with E-state index in [-0.39, 0.29) is 23.3 Å². The third kappa shape index (κ3) is 1.84. The van der Waals surface area contributed by atoms with Crippen LogP contribution in [0.25, 0.3) is 0 Å². The Kier molecular flexibility index (Phi) is 2.63. The zero-order chi connectivity index (χ0) is 9.84. The molecule has 13 heavy (non-hydrogen) atoms. The van der Waals surface area contributed by atoms with Crippen LogP contribution < -0.4 is 15.8 Å². The van der Waals surface area contributed by atoms with Crippen molar-refractivity contribution in [2.45, 2.75) is 0 Å². The van der Waals surface area contributed by atoms with Crippen molar-refractivity contribution in [2.75, 3.05) is 19.9 Å². The van der Waals surface area contributed by atoms with Crippen molar-refractivity contribution >= 4 is 11.9 Å². The van der Waals surface area contributed by atoms with E-state index in [9.17, 15) is 4.79 Å². The van der Waals surface area contributed by atoms with E-state index in [0.717, 1.165) is 0 Å². The molecular weight excluding hydrogens is 172 g/mol. The maximum atomic E-state index is 11.2. The summed E-state index contributed by atoms with van der Waals surface area (Å²) in [7, 11) is 2.92. The van der Waals surface area contributed by atoms with Gasteiger partial charge in [-0.05, 0) is 0 Å². The number of nitrogen functional groups attached to an aromatic ring is 1. The first kappa shape index (κ1) is 9.24. The normalized spacial score (nSPS) is 9.38. The van der Waals surface area contributed by atoms with Crippen molar-refractivity contribution < 1.29 is 9.53 Å². The van der Waals surface area contributed by atoms with Gasteiger partial charge in [0, 0.05) is 13.2 Å². The van der Waals surface area contributed by atoms with Crippen molar-refractivity contribution in [2.24, 2.45) is 0 Å². The van der Waals surface area contributed by atoms with Gasteiger partial charge in [-0.15, -0.1) is 0 Å². The van der Waals surface area contributed by atoms with Gasteiger partial charge in [0.2, 0.25) is 11.8 Å². The summed E-state index contributed by atoms with van der Waals surface area (Å²) in [5.41, 5.74) is 5.57. The lowest BCUT2D eigenvalue weighted by atomic mass is 10.3. The van der Waals surface area contributed by atoms with Gasteiger partial charge in [-0.1, -0.05) is 0 Å². The smallest absolute Gasteiger partial charge is 0.258 e. The number of carbonyl (C=O) groups is 1. The molecule has 1 amide bonds. The third-order valence-corrected chi connectivity index (χ3v) is 1.44. The molecule has 0 spiro atoms. The predicted octanol–water partition coefficient (Wildman–Crippen LogP) is -0.573. The molecule has 0 aliphatic heterocycles. The number of nitrogens with one attached hydrogen (secondary N) is 1. The molecule has 0 atom stereocenters. The summed E-state index contributed by atoms with van der Waals surface area (Å²) in [5.74, 6) is -0.0618. The van der Waals surface area contributed by atoms with E-state index in [1.54, 1.807) is 0 Å². The molecule has 0 unspecified atom stereocenters. The molecule has 1 aromatic rings. The van der Waals surface area contributed by atoms with E-state index in [1.165, 1.54) is 20.4 Å². The number of hydrogen-bond donors (Lipinski definition) is 2. The number of hydrogen-bond acceptors (Lipinski definition) is 5. The standard InChI is InChI=1S/C7H10N4O2/c1-9-5(12)4-3-10-7(8)11-6(4)13-2/h3H,1-2H3,(H,9,12)(H2,8,10,11).